The normalized spacial score (nSPS) is 25.4. The topological polar surface area (TPSA) is 9.23 Å². The lowest BCUT2D eigenvalue weighted by Crippen LogP contribution is -2.26. The highest BCUT2D eigenvalue weighted by Gasteiger charge is 2.24. The molecule has 1 aromatic rings. The third-order valence-electron chi connectivity index (χ3n) is 5.02. The maximum Gasteiger partial charge on any atom is 0.120 e. The second-order valence-electron chi connectivity index (χ2n) is 6.85. The van der Waals surface area contributed by atoms with Gasteiger partial charge in [0.15, 0.2) is 0 Å². The van der Waals surface area contributed by atoms with Crippen molar-refractivity contribution in [3.8, 4) is 5.75 Å². The van der Waals surface area contributed by atoms with Crippen molar-refractivity contribution in [3.63, 3.8) is 0 Å². The number of rotatable bonds is 3. The summed E-state index contributed by atoms with van der Waals surface area (Å²) >= 11 is 3.60. The van der Waals surface area contributed by atoms with Gasteiger partial charge in [0.2, 0.25) is 0 Å². The molecule has 1 saturated carbocycles. The molecule has 2 aliphatic carbocycles. The van der Waals surface area contributed by atoms with E-state index in [4.69, 9.17) is 4.74 Å². The van der Waals surface area contributed by atoms with Crippen LogP contribution in [0.1, 0.15) is 57.1 Å². The minimum Gasteiger partial charge on any atom is -0.490 e. The van der Waals surface area contributed by atoms with E-state index in [1.165, 1.54) is 41.3 Å². The van der Waals surface area contributed by atoms with Crippen LogP contribution in [-0.4, -0.2) is 6.10 Å². The van der Waals surface area contributed by atoms with Gasteiger partial charge in [0, 0.05) is 0 Å². The van der Waals surface area contributed by atoms with Crippen LogP contribution < -0.4 is 4.74 Å². The number of allylic oxidation sites excluding steroid dienone is 1. The molecule has 21 heavy (non-hydrogen) atoms. The molecule has 114 valence electrons. The molecule has 1 aromatic carbocycles. The van der Waals surface area contributed by atoms with Gasteiger partial charge >= 0.3 is 0 Å². The molecule has 0 amide bonds. The zero-order valence-electron chi connectivity index (χ0n) is 13.1. The zero-order valence-corrected chi connectivity index (χ0v) is 14.7. The Balaban J connectivity index is 1.62. The van der Waals surface area contributed by atoms with Crippen molar-refractivity contribution in [2.24, 2.45) is 11.8 Å². The summed E-state index contributed by atoms with van der Waals surface area (Å²) in [6.45, 7) is 4.70. The van der Waals surface area contributed by atoms with E-state index in [9.17, 15) is 0 Å². The monoisotopic (exact) mass is 348 g/mol. The van der Waals surface area contributed by atoms with Crippen molar-refractivity contribution in [1.29, 1.82) is 0 Å². The highest BCUT2D eigenvalue weighted by atomic mass is 79.9. The van der Waals surface area contributed by atoms with Crippen LogP contribution in [-0.2, 0) is 6.42 Å². The lowest BCUT2D eigenvalue weighted by Gasteiger charge is -2.31. The maximum absolute atomic E-state index is 6.24. The molecular formula is C19H25BrO. The van der Waals surface area contributed by atoms with Gasteiger partial charge in [0.25, 0.3) is 0 Å². The van der Waals surface area contributed by atoms with E-state index in [1.54, 1.807) is 0 Å². The van der Waals surface area contributed by atoms with Gasteiger partial charge in [-0.3, -0.25) is 0 Å². The van der Waals surface area contributed by atoms with Gasteiger partial charge in [0.05, 0.1) is 6.10 Å². The smallest absolute Gasteiger partial charge is 0.120 e. The number of fused-ring (bicyclic) bond motifs is 1. The van der Waals surface area contributed by atoms with Gasteiger partial charge in [-0.1, -0.05) is 35.8 Å². The second kappa shape index (κ2) is 6.56. The van der Waals surface area contributed by atoms with E-state index in [0.717, 1.165) is 30.4 Å². The van der Waals surface area contributed by atoms with Crippen molar-refractivity contribution >= 4 is 22.0 Å². The van der Waals surface area contributed by atoms with Crippen molar-refractivity contribution in [1.82, 2.24) is 0 Å². The first-order valence-corrected chi connectivity index (χ1v) is 9.07. The summed E-state index contributed by atoms with van der Waals surface area (Å²) < 4.78 is 7.55. The molecule has 0 saturated heterocycles. The summed E-state index contributed by atoms with van der Waals surface area (Å²) in [5, 5.41) is 0. The predicted molar refractivity (Wildman–Crippen MR) is 92.9 cm³/mol. The molecule has 0 heterocycles. The Morgan fingerprint density at radius 3 is 2.57 bits per heavy atom. The average molecular weight is 349 g/mol. The molecule has 0 unspecified atom stereocenters. The Bertz CT molecular complexity index is 524. The van der Waals surface area contributed by atoms with Crippen LogP contribution in [0.2, 0.25) is 0 Å². The first kappa shape index (κ1) is 15.1. The van der Waals surface area contributed by atoms with E-state index in [2.05, 4.69) is 54.1 Å². The van der Waals surface area contributed by atoms with E-state index < -0.39 is 0 Å². The van der Waals surface area contributed by atoms with Gasteiger partial charge < -0.3 is 4.74 Å². The van der Waals surface area contributed by atoms with Gasteiger partial charge in [0.1, 0.15) is 5.75 Å². The number of aryl methyl sites for hydroxylation is 1. The van der Waals surface area contributed by atoms with Crippen LogP contribution in [0.25, 0.3) is 6.08 Å². The minimum atomic E-state index is 0.420. The van der Waals surface area contributed by atoms with Crippen LogP contribution in [0.3, 0.4) is 0 Å². The van der Waals surface area contributed by atoms with E-state index in [1.807, 2.05) is 0 Å². The Labute approximate surface area is 136 Å². The molecule has 2 aliphatic rings. The molecule has 2 heteroatoms. The Morgan fingerprint density at radius 1 is 1.10 bits per heavy atom. The van der Waals surface area contributed by atoms with Crippen LogP contribution >= 0.6 is 15.9 Å². The van der Waals surface area contributed by atoms with Crippen LogP contribution in [0.5, 0.6) is 5.75 Å². The van der Waals surface area contributed by atoms with E-state index in [0.29, 0.717) is 6.10 Å². The molecule has 0 N–H and O–H groups in total. The Hall–Kier alpha value is -0.760. The van der Waals surface area contributed by atoms with Crippen molar-refractivity contribution < 1.29 is 4.74 Å². The fourth-order valence-electron chi connectivity index (χ4n) is 3.57. The zero-order chi connectivity index (χ0) is 14.8. The van der Waals surface area contributed by atoms with E-state index in [-0.39, 0.29) is 0 Å². The van der Waals surface area contributed by atoms with Crippen molar-refractivity contribution in [3.05, 3.63) is 33.8 Å². The number of benzene rings is 1. The molecule has 0 atom stereocenters. The second-order valence-corrected chi connectivity index (χ2v) is 7.87. The number of hydrogen-bond acceptors (Lipinski definition) is 1. The fraction of sp³-hybridized carbons (Fsp3) is 0.579. The van der Waals surface area contributed by atoms with Gasteiger partial charge in [-0.05, 0) is 84.2 Å². The number of hydrogen-bond donors (Lipinski definition) is 0. The minimum absolute atomic E-state index is 0.420. The molecular weight excluding hydrogens is 324 g/mol. The maximum atomic E-state index is 6.24. The molecule has 3 rings (SSSR count). The highest BCUT2D eigenvalue weighted by Crippen LogP contribution is 2.34. The highest BCUT2D eigenvalue weighted by molar-refractivity contribution is 9.11. The SMILES string of the molecule is CC(C)C1CCC(Oc2ccc3c(c2)CCC(Br)=C3)CC1. The predicted octanol–water partition coefficient (Wildman–Crippen LogP) is 5.96. The van der Waals surface area contributed by atoms with Crippen LogP contribution in [0, 0.1) is 11.8 Å². The van der Waals surface area contributed by atoms with Gasteiger partial charge in [-0.15, -0.1) is 0 Å². The quantitative estimate of drug-likeness (QED) is 0.654. The summed E-state index contributed by atoms with van der Waals surface area (Å²) in [6.07, 6.45) is 9.95. The lowest BCUT2D eigenvalue weighted by molar-refractivity contribution is 0.116. The molecule has 0 radical (unpaired) electrons. The van der Waals surface area contributed by atoms with Crippen molar-refractivity contribution in [2.45, 2.75) is 58.5 Å². The molecule has 0 aliphatic heterocycles. The Morgan fingerprint density at radius 2 is 1.86 bits per heavy atom. The first-order chi connectivity index (χ1) is 10.1. The third-order valence-corrected chi connectivity index (χ3v) is 5.65. The van der Waals surface area contributed by atoms with E-state index >= 15 is 0 Å². The van der Waals surface area contributed by atoms with Gasteiger partial charge in [-0.2, -0.15) is 0 Å². The molecule has 1 fully saturated rings. The fourth-order valence-corrected chi connectivity index (χ4v) is 4.02. The summed E-state index contributed by atoms with van der Waals surface area (Å²) in [5.41, 5.74) is 2.76. The summed E-state index contributed by atoms with van der Waals surface area (Å²) in [5.74, 6) is 2.78. The number of ether oxygens (including phenoxy) is 1. The summed E-state index contributed by atoms with van der Waals surface area (Å²) in [6, 6.07) is 6.58. The molecule has 1 nitrogen and oxygen atoms in total. The van der Waals surface area contributed by atoms with Gasteiger partial charge in [-0.25, -0.2) is 0 Å². The first-order valence-electron chi connectivity index (χ1n) is 8.27. The largest absolute Gasteiger partial charge is 0.490 e. The summed E-state index contributed by atoms with van der Waals surface area (Å²) in [7, 11) is 0. The van der Waals surface area contributed by atoms with Crippen LogP contribution in [0.4, 0.5) is 0 Å². The molecule has 0 aromatic heterocycles. The third kappa shape index (κ3) is 3.71. The lowest BCUT2D eigenvalue weighted by atomic mass is 9.80. The summed E-state index contributed by atoms with van der Waals surface area (Å²) in [4.78, 5) is 0. The number of halogens is 1. The van der Waals surface area contributed by atoms with Crippen LogP contribution in [0.15, 0.2) is 22.7 Å². The average Bonchev–Trinajstić information content (AvgIpc) is 2.48. The van der Waals surface area contributed by atoms with Crippen molar-refractivity contribution in [2.75, 3.05) is 0 Å². The standard InChI is InChI=1S/C19H25BrO/c1-13(2)14-4-8-18(9-5-14)21-19-10-6-15-11-17(20)7-3-16(15)12-19/h6,10-14,18H,3-5,7-9H2,1-2H3. The molecule has 0 spiro atoms. The molecule has 0 bridgehead atoms. The Kier molecular flexibility index (Phi) is 4.73.